The van der Waals surface area contributed by atoms with E-state index in [2.05, 4.69) is 12.2 Å². The molecule has 0 spiro atoms. The maximum atomic E-state index is 12.1. The van der Waals surface area contributed by atoms with Crippen LogP contribution in [0, 0.1) is 5.92 Å². The van der Waals surface area contributed by atoms with Crippen molar-refractivity contribution in [1.29, 1.82) is 0 Å². The number of nitrogens with one attached hydrogen (secondary N) is 1. The molecule has 3 atom stereocenters. The average Bonchev–Trinajstić information content (AvgIpc) is 2.98. The minimum atomic E-state index is 0.00806. The summed E-state index contributed by atoms with van der Waals surface area (Å²) in [6.07, 6.45) is 7.48. The van der Waals surface area contributed by atoms with Gasteiger partial charge in [0.05, 0.1) is 6.04 Å². The Bertz CT molecular complexity index is 261. The van der Waals surface area contributed by atoms with E-state index < -0.39 is 0 Å². The van der Waals surface area contributed by atoms with E-state index in [1.807, 2.05) is 11.8 Å². The summed E-state index contributed by atoms with van der Waals surface area (Å²) in [7, 11) is 0. The van der Waals surface area contributed by atoms with Crippen molar-refractivity contribution in [2.24, 2.45) is 5.92 Å². The van der Waals surface area contributed by atoms with Crippen LogP contribution in [-0.2, 0) is 4.79 Å². The van der Waals surface area contributed by atoms with E-state index in [0.717, 1.165) is 19.0 Å². The van der Waals surface area contributed by atoms with Gasteiger partial charge in [0, 0.05) is 19.1 Å². The van der Waals surface area contributed by atoms with Gasteiger partial charge in [-0.3, -0.25) is 4.79 Å². The molecule has 2 rings (SSSR count). The summed E-state index contributed by atoms with van der Waals surface area (Å²) >= 11 is 0. The first kappa shape index (κ1) is 12.9. The zero-order valence-electron chi connectivity index (χ0n) is 11.2. The predicted molar refractivity (Wildman–Crippen MR) is 69.8 cm³/mol. The predicted octanol–water partition coefficient (Wildman–Crippen LogP) is 2.17. The molecular weight excluding hydrogens is 212 g/mol. The van der Waals surface area contributed by atoms with Gasteiger partial charge in [-0.2, -0.15) is 0 Å². The molecular formula is C14H26N2O. The van der Waals surface area contributed by atoms with Gasteiger partial charge < -0.3 is 10.2 Å². The normalized spacial score (nSPS) is 30.8. The topological polar surface area (TPSA) is 32.3 Å². The maximum absolute atomic E-state index is 12.1. The first-order valence-corrected chi connectivity index (χ1v) is 7.25. The third kappa shape index (κ3) is 3.21. The van der Waals surface area contributed by atoms with Crippen LogP contribution in [0.4, 0.5) is 0 Å². The Morgan fingerprint density at radius 3 is 2.65 bits per heavy atom. The van der Waals surface area contributed by atoms with Crippen molar-refractivity contribution in [2.45, 2.75) is 64.5 Å². The van der Waals surface area contributed by atoms with E-state index >= 15 is 0 Å². The lowest BCUT2D eigenvalue weighted by Gasteiger charge is -2.24. The number of nitrogens with zero attached hydrogens (tertiary/aromatic N) is 1. The van der Waals surface area contributed by atoms with Crippen LogP contribution in [-0.4, -0.2) is 36.0 Å². The van der Waals surface area contributed by atoms with Gasteiger partial charge in [0.2, 0.25) is 5.91 Å². The number of carbonyl (C=O) groups excluding carboxylic acids is 1. The van der Waals surface area contributed by atoms with Crippen LogP contribution in [0.5, 0.6) is 0 Å². The van der Waals surface area contributed by atoms with Crippen molar-refractivity contribution >= 4 is 5.91 Å². The van der Waals surface area contributed by atoms with E-state index in [0.29, 0.717) is 11.9 Å². The molecule has 2 aliphatic rings. The number of rotatable bonds is 4. The summed E-state index contributed by atoms with van der Waals surface area (Å²) in [5.74, 6) is 1.18. The number of hydrogen-bond donors (Lipinski definition) is 1. The Labute approximate surface area is 105 Å². The van der Waals surface area contributed by atoms with Crippen LogP contribution in [0.3, 0.4) is 0 Å². The Morgan fingerprint density at radius 1 is 1.35 bits per heavy atom. The van der Waals surface area contributed by atoms with Gasteiger partial charge in [0.15, 0.2) is 0 Å². The van der Waals surface area contributed by atoms with Crippen molar-refractivity contribution in [2.75, 3.05) is 13.1 Å². The fraction of sp³-hybridized carbons (Fsp3) is 0.929. The highest BCUT2D eigenvalue weighted by Gasteiger charge is 2.28. The molecule has 1 heterocycles. The minimum absolute atomic E-state index is 0.00806. The molecule has 3 unspecified atom stereocenters. The largest absolute Gasteiger partial charge is 0.341 e. The van der Waals surface area contributed by atoms with Gasteiger partial charge in [0.25, 0.3) is 0 Å². The molecule has 1 aliphatic carbocycles. The Kier molecular flexibility index (Phi) is 4.43. The fourth-order valence-electron chi connectivity index (χ4n) is 3.23. The molecule has 0 bridgehead atoms. The molecule has 98 valence electrons. The molecule has 2 fully saturated rings. The zero-order valence-corrected chi connectivity index (χ0v) is 11.2. The van der Waals surface area contributed by atoms with Crippen LogP contribution in [0.1, 0.15) is 52.4 Å². The van der Waals surface area contributed by atoms with Crippen LogP contribution >= 0.6 is 0 Å². The Balaban J connectivity index is 1.76. The lowest BCUT2D eigenvalue weighted by atomic mass is 10.1. The van der Waals surface area contributed by atoms with Crippen LogP contribution < -0.4 is 5.32 Å². The highest BCUT2D eigenvalue weighted by molar-refractivity contribution is 5.81. The standard InChI is InChI=1S/C14H26N2O/c1-3-12-6-7-13(10-12)15-11(2)14(17)16-8-4-5-9-16/h11-13,15H,3-10H2,1-2H3. The van der Waals surface area contributed by atoms with Gasteiger partial charge in [-0.05, 0) is 44.9 Å². The van der Waals surface area contributed by atoms with Gasteiger partial charge in [-0.1, -0.05) is 13.3 Å². The van der Waals surface area contributed by atoms with Crippen LogP contribution in [0.15, 0.2) is 0 Å². The second-order valence-electron chi connectivity index (χ2n) is 5.70. The molecule has 3 nitrogen and oxygen atoms in total. The smallest absolute Gasteiger partial charge is 0.239 e. The summed E-state index contributed by atoms with van der Waals surface area (Å²) in [5.41, 5.74) is 0. The highest BCUT2D eigenvalue weighted by atomic mass is 16.2. The molecule has 1 aliphatic heterocycles. The van der Waals surface area contributed by atoms with Crippen molar-refractivity contribution < 1.29 is 4.79 Å². The third-order valence-electron chi connectivity index (χ3n) is 4.39. The average molecular weight is 238 g/mol. The first-order chi connectivity index (χ1) is 8.20. The molecule has 1 saturated carbocycles. The number of amides is 1. The minimum Gasteiger partial charge on any atom is -0.341 e. The van der Waals surface area contributed by atoms with Crippen LogP contribution in [0.2, 0.25) is 0 Å². The second kappa shape index (κ2) is 5.85. The summed E-state index contributed by atoms with van der Waals surface area (Å²) < 4.78 is 0. The third-order valence-corrected chi connectivity index (χ3v) is 4.39. The van der Waals surface area contributed by atoms with Gasteiger partial charge in [-0.15, -0.1) is 0 Å². The number of carbonyl (C=O) groups is 1. The summed E-state index contributed by atoms with van der Waals surface area (Å²) in [6, 6.07) is 0.579. The van der Waals surface area contributed by atoms with Crippen molar-refractivity contribution in [3.05, 3.63) is 0 Å². The molecule has 1 N–H and O–H groups in total. The highest BCUT2D eigenvalue weighted by Crippen LogP contribution is 2.28. The zero-order chi connectivity index (χ0) is 12.3. The molecule has 3 heteroatoms. The fourth-order valence-corrected chi connectivity index (χ4v) is 3.23. The molecule has 0 aromatic rings. The monoisotopic (exact) mass is 238 g/mol. The van der Waals surface area contributed by atoms with Gasteiger partial charge >= 0.3 is 0 Å². The van der Waals surface area contributed by atoms with Crippen molar-refractivity contribution in [3.63, 3.8) is 0 Å². The summed E-state index contributed by atoms with van der Waals surface area (Å²) in [5, 5.41) is 3.53. The molecule has 1 amide bonds. The van der Waals surface area contributed by atoms with E-state index in [9.17, 15) is 4.79 Å². The maximum Gasteiger partial charge on any atom is 0.239 e. The Hall–Kier alpha value is -0.570. The quantitative estimate of drug-likeness (QED) is 0.814. The second-order valence-corrected chi connectivity index (χ2v) is 5.70. The molecule has 17 heavy (non-hydrogen) atoms. The molecule has 0 aromatic heterocycles. The lowest BCUT2D eigenvalue weighted by Crippen LogP contribution is -2.46. The Morgan fingerprint density at radius 2 is 2.06 bits per heavy atom. The van der Waals surface area contributed by atoms with E-state index in [1.54, 1.807) is 0 Å². The molecule has 0 radical (unpaired) electrons. The van der Waals surface area contributed by atoms with E-state index in [1.165, 1.54) is 38.5 Å². The van der Waals surface area contributed by atoms with Crippen LogP contribution in [0.25, 0.3) is 0 Å². The number of likely N-dealkylation sites (tertiary alicyclic amines) is 1. The summed E-state index contributed by atoms with van der Waals surface area (Å²) in [6.45, 7) is 6.23. The lowest BCUT2D eigenvalue weighted by molar-refractivity contribution is -0.132. The molecule has 0 aromatic carbocycles. The van der Waals surface area contributed by atoms with Crippen molar-refractivity contribution in [3.8, 4) is 0 Å². The van der Waals surface area contributed by atoms with Gasteiger partial charge in [0.1, 0.15) is 0 Å². The molecule has 1 saturated heterocycles. The van der Waals surface area contributed by atoms with Gasteiger partial charge in [-0.25, -0.2) is 0 Å². The summed E-state index contributed by atoms with van der Waals surface area (Å²) in [4.78, 5) is 14.2. The van der Waals surface area contributed by atoms with E-state index in [4.69, 9.17) is 0 Å². The first-order valence-electron chi connectivity index (χ1n) is 7.25. The van der Waals surface area contributed by atoms with Crippen molar-refractivity contribution in [1.82, 2.24) is 10.2 Å². The van der Waals surface area contributed by atoms with E-state index in [-0.39, 0.29) is 6.04 Å². The number of hydrogen-bond acceptors (Lipinski definition) is 2. The SMILES string of the molecule is CCC1CCC(NC(C)C(=O)N2CCCC2)C1.